The Morgan fingerprint density at radius 1 is 0.822 bits per heavy atom. The molecule has 238 valence electrons. The van der Waals surface area contributed by atoms with E-state index in [1.165, 1.54) is 24.3 Å². The third-order valence-corrected chi connectivity index (χ3v) is 7.04. The van der Waals surface area contributed by atoms with Crippen molar-refractivity contribution in [3.8, 4) is 5.75 Å². The summed E-state index contributed by atoms with van der Waals surface area (Å²) < 4.78 is 10.6. The fourth-order valence-electron chi connectivity index (χ4n) is 4.34. The first-order valence-corrected chi connectivity index (χ1v) is 14.4. The predicted octanol–water partition coefficient (Wildman–Crippen LogP) is 4.14. The maximum absolute atomic E-state index is 13.2. The summed E-state index contributed by atoms with van der Waals surface area (Å²) in [6.07, 6.45) is -0.736. The van der Waals surface area contributed by atoms with Gasteiger partial charge in [-0.3, -0.25) is 19.2 Å². The van der Waals surface area contributed by atoms with E-state index in [1.54, 1.807) is 44.2 Å². The van der Waals surface area contributed by atoms with Crippen molar-refractivity contribution in [2.75, 3.05) is 13.2 Å². The normalized spacial score (nSPS) is 12.2. The minimum atomic E-state index is -1.61. The van der Waals surface area contributed by atoms with Crippen molar-refractivity contribution in [3.05, 3.63) is 75.8 Å². The molecule has 0 heterocycles. The van der Waals surface area contributed by atoms with E-state index < -0.39 is 67.2 Å². The molecule has 0 saturated heterocycles. The average molecular weight is 661 g/mol. The second-order valence-corrected chi connectivity index (χ2v) is 11.1. The fraction of sp³-hybridized carbons (Fsp3) is 0.290. The molecular formula is C31H30Cl2N2O10. The van der Waals surface area contributed by atoms with Crippen LogP contribution in [0.5, 0.6) is 5.75 Å². The van der Waals surface area contributed by atoms with Gasteiger partial charge in [0.05, 0.1) is 22.0 Å². The number of amides is 2. The van der Waals surface area contributed by atoms with Crippen LogP contribution in [0.2, 0.25) is 10.0 Å². The summed E-state index contributed by atoms with van der Waals surface area (Å²) in [7, 11) is 0. The first-order valence-electron chi connectivity index (χ1n) is 13.6. The van der Waals surface area contributed by atoms with Gasteiger partial charge in [0.2, 0.25) is 5.91 Å². The van der Waals surface area contributed by atoms with E-state index in [0.717, 1.165) is 0 Å². The molecule has 0 aliphatic heterocycles. The second-order valence-electron chi connectivity index (χ2n) is 10.3. The zero-order chi connectivity index (χ0) is 33.3. The lowest BCUT2D eigenvalue weighted by molar-refractivity contribution is -0.141. The number of esters is 1. The molecule has 0 fully saturated rings. The number of Topliss-reactive ketones (excluding diaryl/α,β-unsaturated/α-hetero) is 1. The molecule has 2 amide bonds. The molecule has 12 nitrogen and oxygen atoms in total. The molecule has 45 heavy (non-hydrogen) atoms. The van der Waals surface area contributed by atoms with E-state index in [4.69, 9.17) is 32.7 Å². The summed E-state index contributed by atoms with van der Waals surface area (Å²) in [4.78, 5) is 74.7. The molecule has 3 aromatic rings. The number of hydrogen-bond acceptors (Lipinski definition) is 8. The number of carbonyl (C=O) groups excluding carboxylic acids is 4. The third kappa shape index (κ3) is 9.65. The summed E-state index contributed by atoms with van der Waals surface area (Å²) in [5.41, 5.74) is -0.348. The number of benzene rings is 3. The molecule has 0 aromatic heterocycles. The quantitative estimate of drug-likeness (QED) is 0.173. The molecule has 0 spiro atoms. The van der Waals surface area contributed by atoms with Crippen LogP contribution in [0, 0.1) is 5.92 Å². The number of rotatable bonds is 15. The maximum Gasteiger partial charge on any atom is 0.341 e. The number of ether oxygens (including phenoxy) is 2. The number of hydrogen-bond donors (Lipinski definition) is 4. The number of carboxylic acid groups (broad SMARTS) is 2. The number of aromatic carboxylic acids is 1. The minimum absolute atomic E-state index is 0.0220. The first-order chi connectivity index (χ1) is 21.3. The van der Waals surface area contributed by atoms with Crippen LogP contribution in [-0.2, 0) is 23.9 Å². The SMILES string of the molecule is CC(C)CC(NC(=O)COc1c(C(=O)O)ccc2ccccc12)C(=O)NC(CC(=O)O)C(=O)COC(=O)c1c(Cl)cccc1Cl. The fourth-order valence-corrected chi connectivity index (χ4v) is 4.89. The number of nitrogens with one attached hydrogen (secondary N) is 2. The molecule has 14 heteroatoms. The Morgan fingerprint density at radius 2 is 1.49 bits per heavy atom. The van der Waals surface area contributed by atoms with Gasteiger partial charge in [-0.2, -0.15) is 0 Å². The first kappa shape index (κ1) is 34.8. The van der Waals surface area contributed by atoms with Crippen LogP contribution in [0.4, 0.5) is 0 Å². The average Bonchev–Trinajstić information content (AvgIpc) is 2.97. The largest absolute Gasteiger partial charge is 0.482 e. The van der Waals surface area contributed by atoms with Crippen molar-refractivity contribution in [2.45, 2.75) is 38.8 Å². The number of ketones is 1. The summed E-state index contributed by atoms with van der Waals surface area (Å²) in [6.45, 7) is 2.01. The van der Waals surface area contributed by atoms with Gasteiger partial charge in [0, 0.05) is 5.39 Å². The van der Waals surface area contributed by atoms with Crippen molar-refractivity contribution in [2.24, 2.45) is 5.92 Å². The van der Waals surface area contributed by atoms with Crippen molar-refractivity contribution in [3.63, 3.8) is 0 Å². The molecular weight excluding hydrogens is 631 g/mol. The van der Waals surface area contributed by atoms with Crippen LogP contribution in [0.3, 0.4) is 0 Å². The molecule has 3 rings (SSSR count). The summed E-state index contributed by atoms with van der Waals surface area (Å²) in [5, 5.41) is 24.9. The van der Waals surface area contributed by atoms with E-state index in [-0.39, 0.29) is 39.3 Å². The Balaban J connectivity index is 1.70. The number of halogens is 2. The molecule has 4 N–H and O–H groups in total. The highest BCUT2D eigenvalue weighted by Gasteiger charge is 2.30. The van der Waals surface area contributed by atoms with Crippen molar-refractivity contribution in [1.82, 2.24) is 10.6 Å². The van der Waals surface area contributed by atoms with Gasteiger partial charge >= 0.3 is 17.9 Å². The minimum Gasteiger partial charge on any atom is -0.482 e. The molecule has 0 aliphatic carbocycles. The number of carboxylic acids is 2. The lowest BCUT2D eigenvalue weighted by Crippen LogP contribution is -2.53. The zero-order valence-corrected chi connectivity index (χ0v) is 25.7. The van der Waals surface area contributed by atoms with Gasteiger partial charge < -0.3 is 30.3 Å². The van der Waals surface area contributed by atoms with Crippen molar-refractivity contribution < 1.29 is 48.5 Å². The molecule has 2 atom stereocenters. The molecule has 0 radical (unpaired) electrons. The smallest absolute Gasteiger partial charge is 0.341 e. The highest BCUT2D eigenvalue weighted by Crippen LogP contribution is 2.30. The van der Waals surface area contributed by atoms with Crippen LogP contribution in [0.1, 0.15) is 47.4 Å². The third-order valence-electron chi connectivity index (χ3n) is 6.41. The highest BCUT2D eigenvalue weighted by atomic mass is 35.5. The van der Waals surface area contributed by atoms with Gasteiger partial charge in [-0.25, -0.2) is 9.59 Å². The Morgan fingerprint density at radius 3 is 2.11 bits per heavy atom. The van der Waals surface area contributed by atoms with E-state index in [9.17, 15) is 39.0 Å². The summed E-state index contributed by atoms with van der Waals surface area (Å²) >= 11 is 12.0. The van der Waals surface area contributed by atoms with Crippen LogP contribution in [0.15, 0.2) is 54.6 Å². The summed E-state index contributed by atoms with van der Waals surface area (Å²) in [5.74, 6) is -6.44. The molecule has 3 aromatic carbocycles. The van der Waals surface area contributed by atoms with E-state index in [1.807, 2.05) is 0 Å². The lowest BCUT2D eigenvalue weighted by Gasteiger charge is -2.23. The topological polar surface area (TPSA) is 185 Å². The Bertz CT molecular complexity index is 1600. The number of fused-ring (bicyclic) bond motifs is 1. The maximum atomic E-state index is 13.2. The van der Waals surface area contributed by atoms with Gasteiger partial charge in [-0.15, -0.1) is 0 Å². The standard InChI is InChI=1S/C31H30Cl2N2O10/c1-16(2)12-23(34-25(37)15-44-28-18-7-4-3-6-17(18)10-11-19(28)30(41)42)29(40)35-22(13-26(38)39)24(36)14-45-31(43)27-20(32)8-5-9-21(27)33/h3-11,16,22-23H,12-15H2,1-2H3,(H,34,37)(H,35,40)(H,38,39)(H,41,42). The van der Waals surface area contributed by atoms with Crippen LogP contribution >= 0.6 is 23.2 Å². The van der Waals surface area contributed by atoms with E-state index in [0.29, 0.717) is 10.8 Å². The Labute approximate surface area is 267 Å². The van der Waals surface area contributed by atoms with E-state index in [2.05, 4.69) is 10.6 Å². The van der Waals surface area contributed by atoms with Crippen molar-refractivity contribution in [1.29, 1.82) is 0 Å². The van der Waals surface area contributed by atoms with Gasteiger partial charge in [-0.1, -0.05) is 73.4 Å². The monoisotopic (exact) mass is 660 g/mol. The molecule has 0 saturated carbocycles. The second kappa shape index (κ2) is 15.9. The van der Waals surface area contributed by atoms with Crippen molar-refractivity contribution >= 4 is 69.5 Å². The van der Waals surface area contributed by atoms with Crippen LogP contribution in [0.25, 0.3) is 10.8 Å². The van der Waals surface area contributed by atoms with E-state index >= 15 is 0 Å². The predicted molar refractivity (Wildman–Crippen MR) is 164 cm³/mol. The molecule has 2 unspecified atom stereocenters. The van der Waals surface area contributed by atoms with Crippen LogP contribution in [-0.4, -0.2) is 71.0 Å². The van der Waals surface area contributed by atoms with Gasteiger partial charge in [0.1, 0.15) is 23.4 Å². The number of aliphatic carboxylic acids is 1. The summed E-state index contributed by atoms with van der Waals surface area (Å²) in [6, 6.07) is 11.2. The zero-order valence-electron chi connectivity index (χ0n) is 24.2. The highest BCUT2D eigenvalue weighted by molar-refractivity contribution is 6.39. The van der Waals surface area contributed by atoms with Gasteiger partial charge in [0.25, 0.3) is 5.91 Å². The van der Waals surface area contributed by atoms with Gasteiger partial charge in [0.15, 0.2) is 19.0 Å². The Kier molecular flexibility index (Phi) is 12.3. The molecule has 0 aliphatic rings. The number of carbonyl (C=O) groups is 6. The molecule has 0 bridgehead atoms. The Hall–Kier alpha value is -4.68. The lowest BCUT2D eigenvalue weighted by atomic mass is 10.0. The van der Waals surface area contributed by atoms with Gasteiger partial charge in [-0.05, 0) is 35.9 Å². The van der Waals surface area contributed by atoms with Crippen LogP contribution < -0.4 is 15.4 Å².